The lowest BCUT2D eigenvalue weighted by molar-refractivity contribution is -0.138. The molecule has 142 valence electrons. The van der Waals surface area contributed by atoms with Gasteiger partial charge in [-0.25, -0.2) is 20.0 Å². The lowest BCUT2D eigenvalue weighted by Gasteiger charge is -2.32. The summed E-state index contributed by atoms with van der Waals surface area (Å²) < 4.78 is 33.1. The zero-order valence-corrected chi connectivity index (χ0v) is 16.0. The number of nitrogens with zero attached hydrogens (tertiary/aromatic N) is 1. The summed E-state index contributed by atoms with van der Waals surface area (Å²) in [5.74, 6) is -1.75. The van der Waals surface area contributed by atoms with Crippen molar-refractivity contribution >= 4 is 25.6 Å². The standard InChI is InChI=1S/C14H23N2O8P/c1-7-23-25(20,24-8-2)14(4)10(11(17)21-5)9(3)16(12(14)18)15-13(19)22-6/h7-8H2,1-6H3,(H,15,19). The van der Waals surface area contributed by atoms with E-state index in [4.69, 9.17) is 13.8 Å². The van der Waals surface area contributed by atoms with Crippen LogP contribution in [-0.4, -0.2) is 55.6 Å². The minimum atomic E-state index is -4.13. The number of allylic oxidation sites excluding steroid dienone is 1. The minimum absolute atomic E-state index is 0.0158. The molecule has 1 unspecified atom stereocenters. The van der Waals surface area contributed by atoms with E-state index in [-0.39, 0.29) is 24.5 Å². The Labute approximate surface area is 145 Å². The molecule has 1 atom stereocenters. The third-order valence-electron chi connectivity index (χ3n) is 3.73. The summed E-state index contributed by atoms with van der Waals surface area (Å²) >= 11 is 0. The maximum Gasteiger partial charge on any atom is 0.426 e. The lowest BCUT2D eigenvalue weighted by Crippen LogP contribution is -2.49. The molecule has 1 N–H and O–H groups in total. The average Bonchev–Trinajstić information content (AvgIpc) is 2.76. The van der Waals surface area contributed by atoms with Crippen LogP contribution in [0.2, 0.25) is 0 Å². The molecule has 0 spiro atoms. The Kier molecular flexibility index (Phi) is 6.75. The summed E-state index contributed by atoms with van der Waals surface area (Å²) in [6, 6.07) is 0. The van der Waals surface area contributed by atoms with E-state index in [2.05, 4.69) is 10.2 Å². The van der Waals surface area contributed by atoms with E-state index in [9.17, 15) is 18.9 Å². The average molecular weight is 378 g/mol. The zero-order valence-electron chi connectivity index (χ0n) is 15.1. The second-order valence-electron chi connectivity index (χ2n) is 5.10. The first-order chi connectivity index (χ1) is 11.6. The highest BCUT2D eigenvalue weighted by Crippen LogP contribution is 2.65. The van der Waals surface area contributed by atoms with Crippen LogP contribution in [0.4, 0.5) is 4.79 Å². The molecule has 0 aromatic rings. The van der Waals surface area contributed by atoms with Gasteiger partial charge in [0, 0.05) is 0 Å². The highest BCUT2D eigenvalue weighted by Gasteiger charge is 2.64. The number of carbonyl (C=O) groups is 3. The molecule has 0 saturated carbocycles. The first kappa shape index (κ1) is 21.1. The summed E-state index contributed by atoms with van der Waals surface area (Å²) in [4.78, 5) is 36.8. The second-order valence-corrected chi connectivity index (χ2v) is 7.51. The molecule has 1 aliphatic heterocycles. The molecule has 0 radical (unpaired) electrons. The van der Waals surface area contributed by atoms with Crippen LogP contribution in [0.15, 0.2) is 11.3 Å². The monoisotopic (exact) mass is 378 g/mol. The molecular weight excluding hydrogens is 355 g/mol. The van der Waals surface area contributed by atoms with E-state index in [0.29, 0.717) is 0 Å². The SMILES string of the molecule is CCOP(=O)(OCC)C1(C)C(=O)N(NC(=O)OC)C(C)=C1C(=O)OC. The molecule has 0 aromatic heterocycles. The van der Waals surface area contributed by atoms with E-state index < -0.39 is 30.7 Å². The van der Waals surface area contributed by atoms with Crippen molar-refractivity contribution in [3.05, 3.63) is 11.3 Å². The van der Waals surface area contributed by atoms with Crippen molar-refractivity contribution in [2.45, 2.75) is 32.9 Å². The summed E-state index contributed by atoms with van der Waals surface area (Å²) in [7, 11) is -1.89. The fourth-order valence-electron chi connectivity index (χ4n) is 2.55. The number of hydrazine groups is 1. The Balaban J connectivity index is 3.59. The Morgan fingerprint density at radius 2 is 1.68 bits per heavy atom. The van der Waals surface area contributed by atoms with Crippen molar-refractivity contribution < 1.29 is 37.5 Å². The van der Waals surface area contributed by atoms with Crippen molar-refractivity contribution in [1.29, 1.82) is 0 Å². The van der Waals surface area contributed by atoms with Crippen LogP contribution in [0.25, 0.3) is 0 Å². The van der Waals surface area contributed by atoms with E-state index in [0.717, 1.165) is 19.2 Å². The van der Waals surface area contributed by atoms with Crippen molar-refractivity contribution in [2.24, 2.45) is 0 Å². The summed E-state index contributed by atoms with van der Waals surface area (Å²) in [5, 5.41) is -1.21. The molecule has 1 aliphatic rings. The number of hydrogen-bond acceptors (Lipinski definition) is 8. The molecule has 0 bridgehead atoms. The van der Waals surface area contributed by atoms with Gasteiger partial charge in [0.1, 0.15) is 0 Å². The Hall–Kier alpha value is -1.90. The topological polar surface area (TPSA) is 120 Å². The Morgan fingerprint density at radius 3 is 2.08 bits per heavy atom. The van der Waals surface area contributed by atoms with Crippen LogP contribution >= 0.6 is 7.60 Å². The number of nitrogens with one attached hydrogen (secondary N) is 1. The predicted molar refractivity (Wildman–Crippen MR) is 86.4 cm³/mol. The second kappa shape index (κ2) is 7.99. The van der Waals surface area contributed by atoms with Crippen LogP contribution < -0.4 is 5.43 Å². The van der Waals surface area contributed by atoms with Gasteiger partial charge < -0.3 is 18.5 Å². The molecular formula is C14H23N2O8P. The van der Waals surface area contributed by atoms with Crippen LogP contribution in [0.3, 0.4) is 0 Å². The lowest BCUT2D eigenvalue weighted by atomic mass is 10.0. The van der Waals surface area contributed by atoms with Gasteiger partial charge in [-0.05, 0) is 27.7 Å². The minimum Gasteiger partial charge on any atom is -0.466 e. The molecule has 0 saturated heterocycles. The predicted octanol–water partition coefficient (Wildman–Crippen LogP) is 1.57. The van der Waals surface area contributed by atoms with Gasteiger partial charge >= 0.3 is 19.7 Å². The molecule has 10 nitrogen and oxygen atoms in total. The number of ether oxygens (including phenoxy) is 2. The fraction of sp³-hybridized carbons (Fsp3) is 0.643. The zero-order chi connectivity index (χ0) is 19.4. The fourth-order valence-corrected chi connectivity index (χ4v) is 4.68. The van der Waals surface area contributed by atoms with E-state index in [1.807, 2.05) is 0 Å². The molecule has 1 heterocycles. The van der Waals surface area contributed by atoms with Gasteiger partial charge in [-0.1, -0.05) is 0 Å². The van der Waals surface area contributed by atoms with Crippen LogP contribution in [0, 0.1) is 0 Å². The molecule has 0 aliphatic carbocycles. The van der Waals surface area contributed by atoms with Gasteiger partial charge in [0.15, 0.2) is 5.16 Å². The smallest absolute Gasteiger partial charge is 0.426 e. The third-order valence-corrected chi connectivity index (χ3v) is 6.43. The molecule has 0 fully saturated rings. The van der Waals surface area contributed by atoms with Crippen molar-refractivity contribution in [3.8, 4) is 0 Å². The van der Waals surface area contributed by atoms with Gasteiger partial charge in [-0.3, -0.25) is 9.36 Å². The van der Waals surface area contributed by atoms with Crippen molar-refractivity contribution in [2.75, 3.05) is 27.4 Å². The maximum absolute atomic E-state index is 13.3. The largest absolute Gasteiger partial charge is 0.466 e. The van der Waals surface area contributed by atoms with Gasteiger partial charge in [-0.2, -0.15) is 0 Å². The first-order valence-electron chi connectivity index (χ1n) is 7.52. The Bertz CT molecular complexity index is 637. The van der Waals surface area contributed by atoms with Crippen LogP contribution in [-0.2, 0) is 32.7 Å². The number of esters is 1. The van der Waals surface area contributed by atoms with Gasteiger partial charge in [-0.15, -0.1) is 0 Å². The molecule has 25 heavy (non-hydrogen) atoms. The molecule has 0 aromatic carbocycles. The summed E-state index contributed by atoms with van der Waals surface area (Å²) in [5.41, 5.74) is 1.98. The summed E-state index contributed by atoms with van der Waals surface area (Å²) in [6.45, 7) is 5.78. The van der Waals surface area contributed by atoms with Crippen LogP contribution in [0.5, 0.6) is 0 Å². The number of methoxy groups -OCH3 is 2. The maximum atomic E-state index is 13.3. The normalized spacial score (nSPS) is 20.7. The van der Waals surface area contributed by atoms with Gasteiger partial charge in [0.05, 0.1) is 38.7 Å². The first-order valence-corrected chi connectivity index (χ1v) is 9.06. The number of rotatable bonds is 7. The highest BCUT2D eigenvalue weighted by molar-refractivity contribution is 7.57. The van der Waals surface area contributed by atoms with E-state index in [1.165, 1.54) is 13.8 Å². The third kappa shape index (κ3) is 3.42. The van der Waals surface area contributed by atoms with E-state index in [1.54, 1.807) is 13.8 Å². The molecule has 11 heteroatoms. The van der Waals surface area contributed by atoms with Crippen LogP contribution in [0.1, 0.15) is 27.7 Å². The molecule has 2 amide bonds. The van der Waals surface area contributed by atoms with E-state index >= 15 is 0 Å². The highest BCUT2D eigenvalue weighted by atomic mass is 31.2. The van der Waals surface area contributed by atoms with Gasteiger partial charge in [0.2, 0.25) is 0 Å². The quantitative estimate of drug-likeness (QED) is 0.523. The Morgan fingerprint density at radius 1 is 1.16 bits per heavy atom. The van der Waals surface area contributed by atoms with Gasteiger partial charge in [0.25, 0.3) is 5.91 Å². The number of amides is 2. The number of carbonyl (C=O) groups excluding carboxylic acids is 3. The van der Waals surface area contributed by atoms with Crippen molar-refractivity contribution in [3.63, 3.8) is 0 Å². The summed E-state index contributed by atoms with van der Waals surface area (Å²) in [6.07, 6.45) is -0.941. The number of hydrogen-bond donors (Lipinski definition) is 1. The van der Waals surface area contributed by atoms with Crippen molar-refractivity contribution in [1.82, 2.24) is 10.4 Å². The molecule has 1 rings (SSSR count).